The first-order chi connectivity index (χ1) is 13.6. The van der Waals surface area contributed by atoms with E-state index in [0.29, 0.717) is 6.08 Å². The molecule has 180 valence electrons. The van der Waals surface area contributed by atoms with Gasteiger partial charge in [-0.05, 0) is 55.4 Å². The molecule has 0 saturated carbocycles. The van der Waals surface area contributed by atoms with Crippen molar-refractivity contribution in [1.29, 1.82) is 0 Å². The Labute approximate surface area is 179 Å². The highest BCUT2D eigenvalue weighted by Crippen LogP contribution is 2.36. The Morgan fingerprint density at radius 3 is 1.94 bits per heavy atom. The van der Waals surface area contributed by atoms with Gasteiger partial charge in [0.1, 0.15) is 23.0 Å². The number of rotatable bonds is 4. The second kappa shape index (κ2) is 8.49. The van der Waals surface area contributed by atoms with E-state index in [9.17, 15) is 31.2 Å². The highest BCUT2D eigenvalue weighted by atomic mass is 32.2. The number of alkyl halides is 3. The Hall–Kier alpha value is -2.02. The topological polar surface area (TPSA) is 108 Å². The van der Waals surface area contributed by atoms with Gasteiger partial charge in [-0.3, -0.25) is 4.90 Å². The van der Waals surface area contributed by atoms with Gasteiger partial charge in [0.25, 0.3) is 0 Å². The number of hydrogen-bond acceptors (Lipinski definition) is 8. The molecule has 1 aliphatic rings. The molecule has 9 nitrogen and oxygen atoms in total. The molecular weight excluding hydrogens is 447 g/mol. The minimum absolute atomic E-state index is 0.446. The molecule has 0 aromatic heterocycles. The van der Waals surface area contributed by atoms with Crippen LogP contribution in [0, 0.1) is 0 Å². The lowest BCUT2D eigenvalue weighted by atomic mass is 10.1. The van der Waals surface area contributed by atoms with Crippen molar-refractivity contribution in [3.63, 3.8) is 0 Å². The second-order valence-electron chi connectivity index (χ2n) is 9.19. The van der Waals surface area contributed by atoms with Gasteiger partial charge in [0.15, 0.2) is 5.76 Å². The van der Waals surface area contributed by atoms with Crippen molar-refractivity contribution >= 4 is 22.2 Å². The smallest absolute Gasteiger partial charge is 0.457 e. The van der Waals surface area contributed by atoms with Gasteiger partial charge in [0, 0.05) is 0 Å². The maximum absolute atomic E-state index is 12.9. The van der Waals surface area contributed by atoms with Crippen molar-refractivity contribution in [2.45, 2.75) is 83.9 Å². The zero-order chi connectivity index (χ0) is 24.6. The standard InChI is InChI=1S/C18H28F3NO8S/c1-15(2,3)28-13(23)9-12(30-31(25,26)18(19,20)21)11-10-27-17(7,8)22(11)14(24)29-16(4,5)6/h9,11H,10H2,1-8H3/b12-9-/t11-/m0/s1. The van der Waals surface area contributed by atoms with Crippen LogP contribution in [0.5, 0.6) is 0 Å². The summed E-state index contributed by atoms with van der Waals surface area (Å²) in [4.78, 5) is 25.8. The van der Waals surface area contributed by atoms with Crippen LogP contribution in [0.2, 0.25) is 0 Å². The van der Waals surface area contributed by atoms with E-state index in [2.05, 4.69) is 4.18 Å². The average molecular weight is 475 g/mol. The summed E-state index contributed by atoms with van der Waals surface area (Å²) in [6, 6.07) is -1.52. The van der Waals surface area contributed by atoms with Gasteiger partial charge >= 0.3 is 27.7 Å². The monoisotopic (exact) mass is 475 g/mol. The average Bonchev–Trinajstić information content (AvgIpc) is 2.76. The fraction of sp³-hybridized carbons (Fsp3) is 0.778. The number of halogens is 3. The third-order valence-electron chi connectivity index (χ3n) is 3.56. The Balaban J connectivity index is 3.48. The van der Waals surface area contributed by atoms with E-state index >= 15 is 0 Å². The summed E-state index contributed by atoms with van der Waals surface area (Å²) in [5, 5.41) is 0. The van der Waals surface area contributed by atoms with E-state index in [1.54, 1.807) is 20.8 Å². The minimum Gasteiger partial charge on any atom is -0.457 e. The Morgan fingerprint density at radius 1 is 1.03 bits per heavy atom. The molecule has 1 rings (SSSR count). The molecule has 0 spiro atoms. The largest absolute Gasteiger partial charge is 0.534 e. The van der Waals surface area contributed by atoms with Crippen molar-refractivity contribution in [2.24, 2.45) is 0 Å². The van der Waals surface area contributed by atoms with Crippen molar-refractivity contribution < 1.29 is 49.6 Å². The molecule has 1 atom stereocenters. The molecule has 0 bridgehead atoms. The molecule has 13 heteroatoms. The van der Waals surface area contributed by atoms with Crippen molar-refractivity contribution in [3.8, 4) is 0 Å². The van der Waals surface area contributed by atoms with Gasteiger partial charge in [-0.25, -0.2) is 9.59 Å². The van der Waals surface area contributed by atoms with E-state index in [0.717, 1.165) is 4.90 Å². The van der Waals surface area contributed by atoms with Crippen LogP contribution in [-0.2, 0) is 33.3 Å². The maximum Gasteiger partial charge on any atom is 0.534 e. The van der Waals surface area contributed by atoms with Gasteiger partial charge < -0.3 is 18.4 Å². The fourth-order valence-corrected chi connectivity index (χ4v) is 2.97. The molecule has 1 amide bonds. The summed E-state index contributed by atoms with van der Waals surface area (Å²) in [6.07, 6.45) is -0.565. The first-order valence-corrected chi connectivity index (χ1v) is 10.6. The number of nitrogens with zero attached hydrogens (tertiary/aromatic N) is 1. The van der Waals surface area contributed by atoms with E-state index in [4.69, 9.17) is 14.2 Å². The first-order valence-electron chi connectivity index (χ1n) is 9.17. The predicted octanol–water partition coefficient (Wildman–Crippen LogP) is 3.45. The maximum atomic E-state index is 12.9. The van der Waals surface area contributed by atoms with Gasteiger partial charge in [0.05, 0.1) is 12.7 Å². The highest BCUT2D eigenvalue weighted by molar-refractivity contribution is 7.87. The summed E-state index contributed by atoms with van der Waals surface area (Å²) >= 11 is 0. The summed E-state index contributed by atoms with van der Waals surface area (Å²) in [7, 11) is -6.16. The molecule has 1 fully saturated rings. The van der Waals surface area contributed by atoms with Crippen LogP contribution in [0.3, 0.4) is 0 Å². The van der Waals surface area contributed by atoms with Crippen LogP contribution in [0.25, 0.3) is 0 Å². The highest BCUT2D eigenvalue weighted by Gasteiger charge is 2.53. The van der Waals surface area contributed by atoms with Crippen LogP contribution in [0.4, 0.5) is 18.0 Å². The zero-order valence-electron chi connectivity index (χ0n) is 18.6. The molecule has 0 aromatic rings. The number of esters is 1. The van der Waals surface area contributed by atoms with Crippen LogP contribution in [0.1, 0.15) is 55.4 Å². The van der Waals surface area contributed by atoms with E-state index in [1.807, 2.05) is 0 Å². The second-order valence-corrected chi connectivity index (χ2v) is 10.7. The minimum atomic E-state index is -6.16. The van der Waals surface area contributed by atoms with Crippen LogP contribution >= 0.6 is 0 Å². The summed E-state index contributed by atoms with van der Waals surface area (Å²) in [5.41, 5.74) is -9.19. The van der Waals surface area contributed by atoms with Crippen molar-refractivity contribution in [1.82, 2.24) is 4.90 Å². The van der Waals surface area contributed by atoms with Crippen LogP contribution in [-0.4, -0.2) is 60.5 Å². The molecular formula is C18H28F3NO8S. The molecule has 0 N–H and O–H groups in total. The quantitative estimate of drug-likeness (QED) is 0.200. The molecule has 1 heterocycles. The van der Waals surface area contributed by atoms with Crippen molar-refractivity contribution in [3.05, 3.63) is 11.8 Å². The SMILES string of the molecule is CC(C)(C)OC(=O)/C=C(\OS(=O)(=O)C(F)(F)F)[C@@H]1COC(C)(C)N1C(=O)OC(C)(C)C. The normalized spacial score (nSPS) is 20.4. The zero-order valence-corrected chi connectivity index (χ0v) is 19.4. The number of carbonyl (C=O) groups is 2. The number of hydrogen-bond donors (Lipinski definition) is 0. The van der Waals surface area contributed by atoms with E-state index < -0.39 is 63.0 Å². The summed E-state index contributed by atoms with van der Waals surface area (Å²) in [5.74, 6) is -2.17. The molecule has 0 unspecified atom stereocenters. The van der Waals surface area contributed by atoms with Gasteiger partial charge in [-0.2, -0.15) is 21.6 Å². The molecule has 0 aromatic carbocycles. The lowest BCUT2D eigenvalue weighted by Crippen LogP contribution is -2.51. The predicted molar refractivity (Wildman–Crippen MR) is 102 cm³/mol. The lowest BCUT2D eigenvalue weighted by molar-refractivity contribution is -0.148. The van der Waals surface area contributed by atoms with E-state index in [1.165, 1.54) is 34.6 Å². The van der Waals surface area contributed by atoms with Gasteiger partial charge in [-0.15, -0.1) is 0 Å². The van der Waals surface area contributed by atoms with E-state index in [-0.39, 0.29) is 0 Å². The third kappa shape index (κ3) is 7.56. The molecule has 0 aliphatic carbocycles. The number of ether oxygens (including phenoxy) is 3. The number of amides is 1. The van der Waals surface area contributed by atoms with Gasteiger partial charge in [-0.1, -0.05) is 0 Å². The number of carbonyl (C=O) groups excluding carboxylic acids is 2. The van der Waals surface area contributed by atoms with Gasteiger partial charge in [0.2, 0.25) is 0 Å². The Kier molecular flexibility index (Phi) is 7.40. The summed E-state index contributed by atoms with van der Waals surface area (Å²) < 4.78 is 82.0. The first kappa shape index (κ1) is 27.0. The molecule has 1 saturated heterocycles. The Bertz CT molecular complexity index is 835. The molecule has 1 aliphatic heterocycles. The Morgan fingerprint density at radius 2 is 1.52 bits per heavy atom. The summed E-state index contributed by atoms with van der Waals surface area (Å²) in [6.45, 7) is 11.6. The fourth-order valence-electron chi connectivity index (χ4n) is 2.47. The van der Waals surface area contributed by atoms with Crippen LogP contribution < -0.4 is 0 Å². The third-order valence-corrected chi connectivity index (χ3v) is 4.54. The molecule has 0 radical (unpaired) electrons. The lowest BCUT2D eigenvalue weighted by Gasteiger charge is -2.35. The van der Waals surface area contributed by atoms with Crippen molar-refractivity contribution in [2.75, 3.05) is 6.61 Å². The van der Waals surface area contributed by atoms with Crippen LogP contribution in [0.15, 0.2) is 11.8 Å². The molecule has 31 heavy (non-hydrogen) atoms.